The SMILES string of the molecule is CCCCCC(=O)O[C@@H](C)CC(N)(Cc1ccc(OC(=O)OCC(C)CC)c(OC(=O)OCC(C)CC)c1)C(=O)O. The van der Waals surface area contributed by atoms with Gasteiger partial charge in [-0.05, 0) is 42.9 Å². The van der Waals surface area contributed by atoms with Gasteiger partial charge in [0.15, 0.2) is 11.5 Å². The van der Waals surface area contributed by atoms with Crippen molar-refractivity contribution in [3.05, 3.63) is 23.8 Å². The highest BCUT2D eigenvalue weighted by Gasteiger charge is 2.37. The molecule has 3 N–H and O–H groups in total. The van der Waals surface area contributed by atoms with Crippen molar-refractivity contribution in [3.8, 4) is 11.5 Å². The maximum Gasteiger partial charge on any atom is 0.513 e. The summed E-state index contributed by atoms with van der Waals surface area (Å²) in [5.74, 6) is -1.75. The second-order valence-corrected chi connectivity index (χ2v) is 10.7. The standard InChI is InChI=1S/C30H47NO10/c1-7-10-11-12-26(32)39-22(6)16-30(31,27(33)34)17-23-13-14-24(40-28(35)37-18-20(4)8-2)25(15-23)41-29(36)38-19-21(5)9-3/h13-15,20-22H,7-12,16-19,31H2,1-6H3,(H,33,34)/t20?,21?,22-,30?/m0/s1. The molecule has 0 aliphatic rings. The van der Waals surface area contributed by atoms with Crippen LogP contribution in [0.4, 0.5) is 9.59 Å². The number of hydrogen-bond donors (Lipinski definition) is 2. The lowest BCUT2D eigenvalue weighted by molar-refractivity contribution is -0.153. The molecular formula is C30H47NO10. The van der Waals surface area contributed by atoms with Crippen LogP contribution < -0.4 is 15.2 Å². The Labute approximate surface area is 243 Å². The molecule has 0 amide bonds. The molecule has 0 fully saturated rings. The summed E-state index contributed by atoms with van der Waals surface area (Å²) in [6.07, 6.45) is 1.28. The normalized spacial score (nSPS) is 14.6. The highest BCUT2D eigenvalue weighted by Crippen LogP contribution is 2.31. The lowest BCUT2D eigenvalue weighted by atomic mass is 9.86. The minimum absolute atomic E-state index is 0.108. The van der Waals surface area contributed by atoms with Gasteiger partial charge >= 0.3 is 24.2 Å². The number of carbonyl (C=O) groups is 4. The zero-order valence-electron chi connectivity index (χ0n) is 25.2. The third-order valence-corrected chi connectivity index (χ3v) is 6.67. The van der Waals surface area contributed by atoms with Crippen LogP contribution in [0.2, 0.25) is 0 Å². The van der Waals surface area contributed by atoms with Crippen molar-refractivity contribution in [2.45, 2.75) is 105 Å². The molecule has 1 aromatic carbocycles. The molecule has 0 heterocycles. The van der Waals surface area contributed by atoms with Crippen LogP contribution >= 0.6 is 0 Å². The Morgan fingerprint density at radius 3 is 1.95 bits per heavy atom. The third-order valence-electron chi connectivity index (χ3n) is 6.67. The second-order valence-electron chi connectivity index (χ2n) is 10.7. The van der Waals surface area contributed by atoms with E-state index in [0.717, 1.165) is 25.7 Å². The van der Waals surface area contributed by atoms with Crippen LogP contribution in [0.3, 0.4) is 0 Å². The number of aliphatic carboxylic acids is 1. The molecule has 0 radical (unpaired) electrons. The number of nitrogens with two attached hydrogens (primary N) is 1. The van der Waals surface area contributed by atoms with E-state index in [-0.39, 0.29) is 55.8 Å². The Balaban J connectivity index is 3.12. The van der Waals surface area contributed by atoms with Crippen LogP contribution in [0, 0.1) is 11.8 Å². The smallest absolute Gasteiger partial charge is 0.480 e. The van der Waals surface area contributed by atoms with Gasteiger partial charge in [-0.25, -0.2) is 9.59 Å². The summed E-state index contributed by atoms with van der Waals surface area (Å²) in [6, 6.07) is 4.21. The summed E-state index contributed by atoms with van der Waals surface area (Å²) < 4.78 is 26.3. The van der Waals surface area contributed by atoms with E-state index in [1.165, 1.54) is 18.2 Å². The van der Waals surface area contributed by atoms with Gasteiger partial charge in [-0.15, -0.1) is 0 Å². The van der Waals surface area contributed by atoms with Crippen molar-refractivity contribution < 1.29 is 48.0 Å². The quantitative estimate of drug-likeness (QED) is 0.0900. The van der Waals surface area contributed by atoms with E-state index < -0.39 is 35.9 Å². The monoisotopic (exact) mass is 581 g/mol. The lowest BCUT2D eigenvalue weighted by Gasteiger charge is -2.28. The van der Waals surface area contributed by atoms with E-state index >= 15 is 0 Å². The van der Waals surface area contributed by atoms with Gasteiger partial charge in [-0.3, -0.25) is 9.59 Å². The molecule has 232 valence electrons. The van der Waals surface area contributed by atoms with E-state index in [2.05, 4.69) is 0 Å². The molecule has 3 unspecified atom stereocenters. The minimum Gasteiger partial charge on any atom is -0.480 e. The first-order valence-corrected chi connectivity index (χ1v) is 14.4. The average molecular weight is 582 g/mol. The molecule has 0 aliphatic heterocycles. The van der Waals surface area contributed by atoms with E-state index in [0.29, 0.717) is 12.0 Å². The first-order chi connectivity index (χ1) is 19.3. The molecule has 0 saturated carbocycles. The minimum atomic E-state index is -1.81. The number of carbonyl (C=O) groups excluding carboxylic acids is 3. The Kier molecular flexibility index (Phi) is 15.8. The largest absolute Gasteiger partial charge is 0.513 e. The van der Waals surface area contributed by atoms with Gasteiger partial charge in [0.1, 0.15) is 11.6 Å². The van der Waals surface area contributed by atoms with Gasteiger partial charge < -0.3 is 34.5 Å². The molecule has 0 aromatic heterocycles. The first-order valence-electron chi connectivity index (χ1n) is 14.4. The van der Waals surface area contributed by atoms with Crippen molar-refractivity contribution in [3.63, 3.8) is 0 Å². The van der Waals surface area contributed by atoms with E-state index in [1.807, 2.05) is 34.6 Å². The number of carboxylic acid groups (broad SMARTS) is 1. The van der Waals surface area contributed by atoms with Crippen molar-refractivity contribution in [2.75, 3.05) is 13.2 Å². The summed E-state index contributed by atoms with van der Waals surface area (Å²) >= 11 is 0. The number of unbranched alkanes of at least 4 members (excludes halogenated alkanes) is 2. The number of esters is 1. The number of hydrogen-bond acceptors (Lipinski definition) is 10. The average Bonchev–Trinajstić information content (AvgIpc) is 2.91. The highest BCUT2D eigenvalue weighted by molar-refractivity contribution is 5.79. The summed E-state index contributed by atoms with van der Waals surface area (Å²) in [4.78, 5) is 49.0. The number of carboxylic acids is 1. The van der Waals surface area contributed by atoms with Crippen LogP contribution in [0.15, 0.2) is 18.2 Å². The molecule has 4 atom stereocenters. The van der Waals surface area contributed by atoms with Gasteiger partial charge in [0.2, 0.25) is 0 Å². The fourth-order valence-electron chi connectivity index (χ4n) is 3.68. The first kappa shape index (κ1) is 35.7. The summed E-state index contributed by atoms with van der Waals surface area (Å²) in [5.41, 5.74) is 4.86. The molecule has 41 heavy (non-hydrogen) atoms. The molecule has 0 bridgehead atoms. The topological polar surface area (TPSA) is 161 Å². The van der Waals surface area contributed by atoms with E-state index in [1.54, 1.807) is 6.92 Å². The second kappa shape index (κ2) is 18.2. The molecule has 0 spiro atoms. The van der Waals surface area contributed by atoms with Crippen molar-refractivity contribution in [1.82, 2.24) is 0 Å². The number of rotatable bonds is 18. The van der Waals surface area contributed by atoms with Gasteiger partial charge in [0.25, 0.3) is 0 Å². The molecule has 1 rings (SSSR count). The summed E-state index contributed by atoms with van der Waals surface area (Å²) in [7, 11) is 0. The Hall–Kier alpha value is -3.34. The van der Waals surface area contributed by atoms with Gasteiger partial charge in [0, 0.05) is 19.3 Å². The summed E-state index contributed by atoms with van der Waals surface area (Å²) in [6.45, 7) is 11.6. The molecule has 0 aliphatic carbocycles. The van der Waals surface area contributed by atoms with Crippen LogP contribution in [0.5, 0.6) is 11.5 Å². The molecule has 11 nitrogen and oxygen atoms in total. The predicted molar refractivity (Wildman–Crippen MR) is 152 cm³/mol. The van der Waals surface area contributed by atoms with Crippen LogP contribution in [-0.2, 0) is 30.2 Å². The maximum atomic E-state index is 12.4. The molecule has 11 heteroatoms. The predicted octanol–water partition coefficient (Wildman–Crippen LogP) is 6.04. The fraction of sp³-hybridized carbons (Fsp3) is 0.667. The zero-order chi connectivity index (χ0) is 31.0. The third kappa shape index (κ3) is 13.7. The van der Waals surface area contributed by atoms with Crippen LogP contribution in [0.25, 0.3) is 0 Å². The Bertz CT molecular complexity index is 997. The van der Waals surface area contributed by atoms with Gasteiger partial charge in [-0.1, -0.05) is 66.4 Å². The van der Waals surface area contributed by atoms with E-state index in [4.69, 9.17) is 29.4 Å². The summed E-state index contributed by atoms with van der Waals surface area (Å²) in [5, 5.41) is 9.95. The van der Waals surface area contributed by atoms with Crippen molar-refractivity contribution in [1.29, 1.82) is 0 Å². The fourth-order valence-corrected chi connectivity index (χ4v) is 3.68. The molecular weight excluding hydrogens is 534 g/mol. The lowest BCUT2D eigenvalue weighted by Crippen LogP contribution is -2.52. The Morgan fingerprint density at radius 2 is 1.44 bits per heavy atom. The number of benzene rings is 1. The maximum absolute atomic E-state index is 12.4. The van der Waals surface area contributed by atoms with Crippen molar-refractivity contribution >= 4 is 24.2 Å². The molecule has 1 aromatic rings. The van der Waals surface area contributed by atoms with Crippen LogP contribution in [0.1, 0.15) is 92.1 Å². The van der Waals surface area contributed by atoms with Crippen LogP contribution in [-0.4, -0.2) is 54.2 Å². The van der Waals surface area contributed by atoms with Gasteiger partial charge in [0.05, 0.1) is 13.2 Å². The number of ether oxygens (including phenoxy) is 5. The van der Waals surface area contributed by atoms with Crippen molar-refractivity contribution in [2.24, 2.45) is 17.6 Å². The van der Waals surface area contributed by atoms with E-state index in [9.17, 15) is 24.3 Å². The molecule has 0 saturated heterocycles. The van der Waals surface area contributed by atoms with Gasteiger partial charge in [-0.2, -0.15) is 0 Å². The highest BCUT2D eigenvalue weighted by atomic mass is 16.7. The Morgan fingerprint density at radius 1 is 0.878 bits per heavy atom. The zero-order valence-corrected chi connectivity index (χ0v) is 25.2.